The van der Waals surface area contributed by atoms with Gasteiger partial charge in [0, 0.05) is 12.0 Å². The standard InChI is InChI=1S/C13H23N3/c1-13(2,3)16-10-14-15-12(16)9-11-7-5-4-6-8-11/h10-11H,4-9H2,1-3H3. The molecule has 1 aliphatic carbocycles. The molecule has 1 aromatic rings. The molecule has 0 unspecified atom stereocenters. The normalized spacial score (nSPS) is 18.9. The molecule has 3 nitrogen and oxygen atoms in total. The Morgan fingerprint density at radius 1 is 1.25 bits per heavy atom. The lowest BCUT2D eigenvalue weighted by atomic mass is 9.86. The van der Waals surface area contributed by atoms with Crippen LogP contribution in [-0.4, -0.2) is 14.8 Å². The van der Waals surface area contributed by atoms with Gasteiger partial charge in [-0.25, -0.2) is 0 Å². The van der Waals surface area contributed by atoms with Crippen molar-refractivity contribution in [2.24, 2.45) is 5.92 Å². The fourth-order valence-electron chi connectivity index (χ4n) is 2.61. The summed E-state index contributed by atoms with van der Waals surface area (Å²) in [5, 5.41) is 8.36. The smallest absolute Gasteiger partial charge is 0.133 e. The van der Waals surface area contributed by atoms with E-state index in [4.69, 9.17) is 0 Å². The van der Waals surface area contributed by atoms with Crippen molar-refractivity contribution in [2.75, 3.05) is 0 Å². The summed E-state index contributed by atoms with van der Waals surface area (Å²) in [5.74, 6) is 2.00. The summed E-state index contributed by atoms with van der Waals surface area (Å²) in [6, 6.07) is 0. The minimum Gasteiger partial charge on any atom is -0.312 e. The van der Waals surface area contributed by atoms with Crippen LogP contribution < -0.4 is 0 Å². The number of rotatable bonds is 2. The van der Waals surface area contributed by atoms with Crippen LogP contribution in [0.5, 0.6) is 0 Å². The fourth-order valence-corrected chi connectivity index (χ4v) is 2.61. The van der Waals surface area contributed by atoms with Crippen LogP contribution in [-0.2, 0) is 12.0 Å². The van der Waals surface area contributed by atoms with E-state index in [0.717, 1.165) is 12.3 Å². The second-order valence-electron chi connectivity index (χ2n) is 6.00. The van der Waals surface area contributed by atoms with Gasteiger partial charge in [-0.05, 0) is 26.7 Å². The van der Waals surface area contributed by atoms with E-state index in [1.807, 2.05) is 6.33 Å². The molecule has 0 aromatic carbocycles. The average Bonchev–Trinajstić information content (AvgIpc) is 2.67. The molecule has 90 valence electrons. The van der Waals surface area contributed by atoms with E-state index in [2.05, 4.69) is 35.5 Å². The highest BCUT2D eigenvalue weighted by Crippen LogP contribution is 2.27. The lowest BCUT2D eigenvalue weighted by Gasteiger charge is -2.25. The van der Waals surface area contributed by atoms with Crippen molar-refractivity contribution >= 4 is 0 Å². The summed E-state index contributed by atoms with van der Waals surface area (Å²) in [5.41, 5.74) is 0.105. The summed E-state index contributed by atoms with van der Waals surface area (Å²) < 4.78 is 2.22. The molecule has 0 radical (unpaired) electrons. The van der Waals surface area contributed by atoms with Gasteiger partial charge in [-0.1, -0.05) is 32.1 Å². The van der Waals surface area contributed by atoms with Gasteiger partial charge < -0.3 is 4.57 Å². The zero-order chi connectivity index (χ0) is 11.6. The molecule has 1 aliphatic rings. The summed E-state index contributed by atoms with van der Waals surface area (Å²) in [6.45, 7) is 6.63. The number of hydrogen-bond acceptors (Lipinski definition) is 2. The highest BCUT2D eigenvalue weighted by Gasteiger charge is 2.21. The molecule has 1 heterocycles. The summed E-state index contributed by atoms with van der Waals surface area (Å²) in [6.07, 6.45) is 9.94. The molecular formula is C13H23N3. The molecular weight excluding hydrogens is 198 g/mol. The Morgan fingerprint density at radius 3 is 2.56 bits per heavy atom. The summed E-state index contributed by atoms with van der Waals surface area (Å²) in [7, 11) is 0. The lowest BCUT2D eigenvalue weighted by molar-refractivity contribution is 0.326. The first kappa shape index (κ1) is 11.6. The fraction of sp³-hybridized carbons (Fsp3) is 0.846. The van der Waals surface area contributed by atoms with Crippen molar-refractivity contribution < 1.29 is 0 Å². The topological polar surface area (TPSA) is 30.7 Å². The van der Waals surface area contributed by atoms with Gasteiger partial charge in [0.25, 0.3) is 0 Å². The molecule has 0 saturated heterocycles. The van der Waals surface area contributed by atoms with Gasteiger partial charge >= 0.3 is 0 Å². The first-order valence-electron chi connectivity index (χ1n) is 6.47. The van der Waals surface area contributed by atoms with Gasteiger partial charge in [0.1, 0.15) is 12.2 Å². The molecule has 0 N–H and O–H groups in total. The molecule has 0 spiro atoms. The van der Waals surface area contributed by atoms with Crippen LogP contribution in [0.3, 0.4) is 0 Å². The van der Waals surface area contributed by atoms with E-state index in [0.29, 0.717) is 0 Å². The first-order valence-corrected chi connectivity index (χ1v) is 6.47. The van der Waals surface area contributed by atoms with E-state index in [1.165, 1.54) is 37.9 Å². The predicted molar refractivity (Wildman–Crippen MR) is 65.3 cm³/mol. The highest BCUT2D eigenvalue weighted by atomic mass is 15.3. The van der Waals surface area contributed by atoms with Gasteiger partial charge in [-0.2, -0.15) is 0 Å². The van der Waals surface area contributed by atoms with Crippen LogP contribution in [0, 0.1) is 5.92 Å². The molecule has 0 amide bonds. The van der Waals surface area contributed by atoms with Gasteiger partial charge in [-0.3, -0.25) is 0 Å². The lowest BCUT2D eigenvalue weighted by Crippen LogP contribution is -2.25. The van der Waals surface area contributed by atoms with Crippen LogP contribution in [0.1, 0.15) is 58.7 Å². The Balaban J connectivity index is 2.06. The Bertz CT molecular complexity index is 329. The number of hydrogen-bond donors (Lipinski definition) is 0. The molecule has 1 aromatic heterocycles. The molecule has 0 bridgehead atoms. The van der Waals surface area contributed by atoms with Crippen molar-refractivity contribution in [3.05, 3.63) is 12.2 Å². The third kappa shape index (κ3) is 2.63. The molecule has 0 atom stereocenters. The van der Waals surface area contributed by atoms with Crippen LogP contribution in [0.25, 0.3) is 0 Å². The zero-order valence-electron chi connectivity index (χ0n) is 10.7. The zero-order valence-corrected chi connectivity index (χ0v) is 10.7. The predicted octanol–water partition coefficient (Wildman–Crippen LogP) is 3.16. The van der Waals surface area contributed by atoms with E-state index in [9.17, 15) is 0 Å². The van der Waals surface area contributed by atoms with E-state index in [1.54, 1.807) is 0 Å². The number of nitrogens with zero attached hydrogens (tertiary/aromatic N) is 3. The van der Waals surface area contributed by atoms with Crippen LogP contribution >= 0.6 is 0 Å². The van der Waals surface area contributed by atoms with Crippen molar-refractivity contribution in [2.45, 2.75) is 64.8 Å². The average molecular weight is 221 g/mol. The van der Waals surface area contributed by atoms with Gasteiger partial charge in [0.05, 0.1) is 0 Å². The van der Waals surface area contributed by atoms with E-state index in [-0.39, 0.29) is 5.54 Å². The van der Waals surface area contributed by atoms with Gasteiger partial charge in [-0.15, -0.1) is 10.2 Å². The molecule has 16 heavy (non-hydrogen) atoms. The Hall–Kier alpha value is -0.860. The third-order valence-electron chi connectivity index (χ3n) is 3.54. The molecule has 0 aliphatic heterocycles. The maximum Gasteiger partial charge on any atom is 0.133 e. The maximum absolute atomic E-state index is 4.29. The van der Waals surface area contributed by atoms with Gasteiger partial charge in [0.15, 0.2) is 0 Å². The van der Waals surface area contributed by atoms with Crippen LogP contribution in [0.15, 0.2) is 6.33 Å². The van der Waals surface area contributed by atoms with Gasteiger partial charge in [0.2, 0.25) is 0 Å². The summed E-state index contributed by atoms with van der Waals surface area (Å²) >= 11 is 0. The first-order chi connectivity index (χ1) is 7.57. The van der Waals surface area contributed by atoms with E-state index >= 15 is 0 Å². The third-order valence-corrected chi connectivity index (χ3v) is 3.54. The Kier molecular flexibility index (Phi) is 3.31. The molecule has 1 fully saturated rings. The second kappa shape index (κ2) is 4.56. The molecule has 3 heteroatoms. The summed E-state index contributed by atoms with van der Waals surface area (Å²) in [4.78, 5) is 0. The number of aromatic nitrogens is 3. The van der Waals surface area contributed by atoms with E-state index < -0.39 is 0 Å². The molecule has 2 rings (SSSR count). The largest absolute Gasteiger partial charge is 0.312 e. The Labute approximate surface area is 98.3 Å². The van der Waals surface area contributed by atoms with Crippen molar-refractivity contribution in [1.82, 2.24) is 14.8 Å². The van der Waals surface area contributed by atoms with Crippen molar-refractivity contribution in [3.8, 4) is 0 Å². The van der Waals surface area contributed by atoms with Crippen LogP contribution in [0.4, 0.5) is 0 Å². The Morgan fingerprint density at radius 2 is 1.94 bits per heavy atom. The SMILES string of the molecule is CC(C)(C)n1cnnc1CC1CCCCC1. The monoisotopic (exact) mass is 221 g/mol. The second-order valence-corrected chi connectivity index (χ2v) is 6.00. The minimum atomic E-state index is 0.105. The maximum atomic E-state index is 4.29. The highest BCUT2D eigenvalue weighted by molar-refractivity contribution is 4.94. The quantitative estimate of drug-likeness (QED) is 0.768. The molecule has 1 saturated carbocycles. The minimum absolute atomic E-state index is 0.105. The van der Waals surface area contributed by atoms with Crippen molar-refractivity contribution in [1.29, 1.82) is 0 Å². The van der Waals surface area contributed by atoms with Crippen LogP contribution in [0.2, 0.25) is 0 Å². The van der Waals surface area contributed by atoms with Crippen molar-refractivity contribution in [3.63, 3.8) is 0 Å².